The van der Waals surface area contributed by atoms with Gasteiger partial charge in [-0.1, -0.05) is 30.3 Å². The fourth-order valence-electron chi connectivity index (χ4n) is 3.29. The molecule has 2 fully saturated rings. The Morgan fingerprint density at radius 2 is 1.88 bits per heavy atom. The summed E-state index contributed by atoms with van der Waals surface area (Å²) < 4.78 is 0. The molecule has 0 aliphatic carbocycles. The fourth-order valence-corrected chi connectivity index (χ4v) is 3.29. The maximum atomic E-state index is 12.5. The number of urea groups is 1. The topological polar surface area (TPSA) is 107 Å². The number of fused-ring (bicyclic) bond motifs is 1. The van der Waals surface area contributed by atoms with Crippen LogP contribution in [-0.2, 0) is 20.9 Å². The maximum absolute atomic E-state index is 12.5. The van der Waals surface area contributed by atoms with Gasteiger partial charge in [-0.05, 0) is 5.56 Å². The highest BCUT2D eigenvalue weighted by Gasteiger charge is 2.55. The van der Waals surface area contributed by atoms with Gasteiger partial charge < -0.3 is 10.4 Å². The van der Waals surface area contributed by atoms with E-state index in [-0.39, 0.29) is 6.54 Å². The fraction of sp³-hybridized carbons (Fsp3) is 0.375. The number of carbonyl (C=O) groups is 4. The Labute approximate surface area is 138 Å². The number of nitrogens with zero attached hydrogens (tertiary/aromatic N) is 2. The molecule has 0 radical (unpaired) electrons. The molecule has 2 heterocycles. The second-order valence-electron chi connectivity index (χ2n) is 5.98. The Hall–Kier alpha value is -2.90. The van der Waals surface area contributed by atoms with Crippen LogP contribution in [0, 0.1) is 11.8 Å². The molecule has 2 aliphatic rings. The van der Waals surface area contributed by atoms with Crippen molar-refractivity contribution in [3.8, 4) is 0 Å². The van der Waals surface area contributed by atoms with E-state index < -0.39 is 48.2 Å². The summed E-state index contributed by atoms with van der Waals surface area (Å²) in [6.45, 7) is 0.221. The third kappa shape index (κ3) is 2.60. The first kappa shape index (κ1) is 16.0. The lowest BCUT2D eigenvalue weighted by atomic mass is 9.87. The third-order valence-corrected chi connectivity index (χ3v) is 4.47. The Kier molecular flexibility index (Phi) is 3.96. The van der Waals surface area contributed by atoms with Crippen LogP contribution in [0.15, 0.2) is 30.3 Å². The molecule has 3 rings (SSSR count). The summed E-state index contributed by atoms with van der Waals surface area (Å²) in [5, 5.41) is 11.6. The van der Waals surface area contributed by atoms with Crippen LogP contribution in [-0.4, -0.2) is 51.9 Å². The van der Waals surface area contributed by atoms with Gasteiger partial charge >= 0.3 is 12.0 Å². The molecule has 0 bridgehead atoms. The number of carboxylic acid groups (broad SMARTS) is 1. The number of hydrogen-bond donors (Lipinski definition) is 2. The first-order valence-electron chi connectivity index (χ1n) is 7.54. The van der Waals surface area contributed by atoms with Crippen LogP contribution < -0.4 is 5.32 Å². The minimum atomic E-state index is -1.15. The van der Waals surface area contributed by atoms with Gasteiger partial charge in [0.05, 0.1) is 18.3 Å². The molecule has 126 valence electrons. The molecule has 1 aromatic carbocycles. The SMILES string of the molecule is CN1C(=O)C2C(CC(=O)O)C(=O)NC2N(Cc2ccccc2)C1=O. The predicted molar refractivity (Wildman–Crippen MR) is 81.3 cm³/mol. The molecule has 8 heteroatoms. The van der Waals surface area contributed by atoms with E-state index >= 15 is 0 Å². The average molecular weight is 331 g/mol. The molecule has 2 N–H and O–H groups in total. The summed E-state index contributed by atoms with van der Waals surface area (Å²) in [6, 6.07) is 8.67. The molecule has 0 spiro atoms. The van der Waals surface area contributed by atoms with Gasteiger partial charge in [0.25, 0.3) is 0 Å². The van der Waals surface area contributed by atoms with Gasteiger partial charge in [-0.25, -0.2) is 4.79 Å². The van der Waals surface area contributed by atoms with Gasteiger partial charge in [0.2, 0.25) is 11.8 Å². The molecule has 0 aromatic heterocycles. The van der Waals surface area contributed by atoms with Gasteiger partial charge in [-0.2, -0.15) is 0 Å². The van der Waals surface area contributed by atoms with Crippen LogP contribution in [0.3, 0.4) is 0 Å². The lowest BCUT2D eigenvalue weighted by molar-refractivity contribution is -0.144. The number of amides is 4. The third-order valence-electron chi connectivity index (χ3n) is 4.47. The Balaban J connectivity index is 1.92. The number of carboxylic acids is 1. The van der Waals surface area contributed by atoms with Crippen molar-refractivity contribution < 1.29 is 24.3 Å². The van der Waals surface area contributed by atoms with E-state index in [1.807, 2.05) is 30.3 Å². The van der Waals surface area contributed by atoms with Gasteiger partial charge in [-0.3, -0.25) is 24.2 Å². The first-order chi connectivity index (χ1) is 11.4. The molecule has 2 saturated heterocycles. The summed E-state index contributed by atoms with van der Waals surface area (Å²) >= 11 is 0. The second-order valence-corrected chi connectivity index (χ2v) is 5.98. The van der Waals surface area contributed by atoms with Crippen LogP contribution in [0.1, 0.15) is 12.0 Å². The van der Waals surface area contributed by atoms with Crippen molar-refractivity contribution in [2.24, 2.45) is 11.8 Å². The van der Waals surface area contributed by atoms with Gasteiger partial charge in [-0.15, -0.1) is 0 Å². The number of carbonyl (C=O) groups excluding carboxylic acids is 3. The second kappa shape index (κ2) is 5.95. The monoisotopic (exact) mass is 331 g/mol. The maximum Gasteiger partial charge on any atom is 0.328 e. The summed E-state index contributed by atoms with van der Waals surface area (Å²) in [4.78, 5) is 50.5. The standard InChI is InChI=1S/C16H17N3O5/c1-18-15(23)12-10(7-11(20)21)14(22)17-13(12)19(16(18)24)8-9-5-3-2-4-6-9/h2-6,10,12-13H,7-8H2,1H3,(H,17,22)(H,20,21). The summed E-state index contributed by atoms with van der Waals surface area (Å²) in [7, 11) is 1.35. The largest absolute Gasteiger partial charge is 0.481 e. The van der Waals surface area contributed by atoms with E-state index in [2.05, 4.69) is 5.32 Å². The van der Waals surface area contributed by atoms with Crippen molar-refractivity contribution in [1.29, 1.82) is 0 Å². The molecule has 0 saturated carbocycles. The van der Waals surface area contributed by atoms with E-state index in [1.54, 1.807) is 0 Å². The average Bonchev–Trinajstić information content (AvgIpc) is 2.86. The number of benzene rings is 1. The van der Waals surface area contributed by atoms with E-state index in [0.29, 0.717) is 0 Å². The summed E-state index contributed by atoms with van der Waals surface area (Å²) in [5.41, 5.74) is 0.850. The van der Waals surface area contributed by atoms with Crippen molar-refractivity contribution in [3.05, 3.63) is 35.9 Å². The van der Waals surface area contributed by atoms with Crippen molar-refractivity contribution in [2.75, 3.05) is 7.05 Å². The molecular formula is C16H17N3O5. The lowest BCUT2D eigenvalue weighted by Gasteiger charge is -2.40. The van der Waals surface area contributed by atoms with E-state index in [0.717, 1.165) is 10.5 Å². The highest BCUT2D eigenvalue weighted by atomic mass is 16.4. The zero-order valence-electron chi connectivity index (χ0n) is 13.0. The first-order valence-corrected chi connectivity index (χ1v) is 7.54. The number of rotatable bonds is 4. The minimum Gasteiger partial charge on any atom is -0.481 e. The van der Waals surface area contributed by atoms with Crippen LogP contribution in [0.2, 0.25) is 0 Å². The van der Waals surface area contributed by atoms with E-state index in [1.165, 1.54) is 11.9 Å². The smallest absolute Gasteiger partial charge is 0.328 e. The Morgan fingerprint density at radius 1 is 1.21 bits per heavy atom. The Morgan fingerprint density at radius 3 is 2.50 bits per heavy atom. The zero-order valence-corrected chi connectivity index (χ0v) is 13.0. The molecule has 4 amide bonds. The van der Waals surface area contributed by atoms with Crippen molar-refractivity contribution in [1.82, 2.24) is 15.1 Å². The molecule has 8 nitrogen and oxygen atoms in total. The molecule has 3 atom stereocenters. The number of hydrogen-bond acceptors (Lipinski definition) is 4. The van der Waals surface area contributed by atoms with Crippen LogP contribution in [0.25, 0.3) is 0 Å². The molecule has 1 aromatic rings. The number of nitrogens with one attached hydrogen (secondary N) is 1. The molecule has 24 heavy (non-hydrogen) atoms. The summed E-state index contributed by atoms with van der Waals surface area (Å²) in [5.74, 6) is -4.06. The lowest BCUT2D eigenvalue weighted by Crippen LogP contribution is -2.62. The quantitative estimate of drug-likeness (QED) is 0.822. The molecule has 3 unspecified atom stereocenters. The van der Waals surface area contributed by atoms with Crippen molar-refractivity contribution in [3.63, 3.8) is 0 Å². The van der Waals surface area contributed by atoms with Crippen LogP contribution in [0.4, 0.5) is 4.79 Å². The van der Waals surface area contributed by atoms with Crippen LogP contribution in [0.5, 0.6) is 0 Å². The van der Waals surface area contributed by atoms with Crippen molar-refractivity contribution >= 4 is 23.8 Å². The van der Waals surface area contributed by atoms with Gasteiger partial charge in [0, 0.05) is 13.6 Å². The number of aliphatic carboxylic acids is 1. The highest BCUT2D eigenvalue weighted by molar-refractivity contribution is 6.03. The minimum absolute atomic E-state index is 0.221. The van der Waals surface area contributed by atoms with Crippen molar-refractivity contribution in [2.45, 2.75) is 19.1 Å². The van der Waals surface area contributed by atoms with Gasteiger partial charge in [0.15, 0.2) is 0 Å². The molecule has 2 aliphatic heterocycles. The predicted octanol–water partition coefficient (Wildman–Crippen LogP) is 0.244. The Bertz CT molecular complexity index is 705. The van der Waals surface area contributed by atoms with Gasteiger partial charge in [0.1, 0.15) is 6.17 Å². The normalized spacial score (nSPS) is 26.4. The van der Waals surface area contributed by atoms with Crippen LogP contribution >= 0.6 is 0 Å². The number of imide groups is 1. The zero-order chi connectivity index (χ0) is 17.4. The molecular weight excluding hydrogens is 314 g/mol. The summed E-state index contributed by atoms with van der Waals surface area (Å²) in [6.07, 6.45) is -1.27. The highest BCUT2D eigenvalue weighted by Crippen LogP contribution is 2.34. The van der Waals surface area contributed by atoms with E-state index in [9.17, 15) is 19.2 Å². The van der Waals surface area contributed by atoms with E-state index in [4.69, 9.17) is 5.11 Å².